The molecule has 1 aromatic heterocycles. The standard InChI is InChI=1S/C13H10ClNO.C2H7N/c14-10-4-6-12-9(8-10)3-5-11-13(16-12)2-1-7-15-11;1-3-2/h1-2,4,6-8H,3,5H2;3H,1-2H3. The molecule has 0 saturated carbocycles. The summed E-state index contributed by atoms with van der Waals surface area (Å²) in [7, 11) is 3.75. The number of hydrogen-bond acceptors (Lipinski definition) is 3. The van der Waals surface area contributed by atoms with Crippen LogP contribution in [-0.4, -0.2) is 19.1 Å². The largest absolute Gasteiger partial charge is 0.455 e. The first kappa shape index (κ1) is 13.8. The van der Waals surface area contributed by atoms with Crippen LogP contribution < -0.4 is 10.1 Å². The van der Waals surface area contributed by atoms with E-state index in [2.05, 4.69) is 10.3 Å². The summed E-state index contributed by atoms with van der Waals surface area (Å²) in [4.78, 5) is 4.33. The molecule has 0 fully saturated rings. The van der Waals surface area contributed by atoms with Crippen molar-refractivity contribution in [2.24, 2.45) is 0 Å². The van der Waals surface area contributed by atoms with Crippen molar-refractivity contribution in [1.82, 2.24) is 10.3 Å². The van der Waals surface area contributed by atoms with Gasteiger partial charge in [-0.2, -0.15) is 0 Å². The molecule has 0 unspecified atom stereocenters. The third-order valence-electron chi connectivity index (χ3n) is 2.72. The van der Waals surface area contributed by atoms with Crippen molar-refractivity contribution < 1.29 is 4.74 Å². The van der Waals surface area contributed by atoms with Crippen molar-refractivity contribution in [3.8, 4) is 11.5 Å². The molecule has 100 valence electrons. The second-order valence-corrected chi connectivity index (χ2v) is 4.74. The Morgan fingerprint density at radius 1 is 1.16 bits per heavy atom. The topological polar surface area (TPSA) is 34.2 Å². The van der Waals surface area contributed by atoms with Crippen LogP contribution in [0.4, 0.5) is 0 Å². The number of benzene rings is 1. The Morgan fingerprint density at radius 2 is 1.95 bits per heavy atom. The fraction of sp³-hybridized carbons (Fsp3) is 0.267. The molecule has 4 heteroatoms. The Bertz CT molecular complexity index is 558. The van der Waals surface area contributed by atoms with Crippen molar-refractivity contribution in [2.45, 2.75) is 12.8 Å². The van der Waals surface area contributed by atoms with E-state index in [1.807, 2.05) is 44.4 Å². The smallest absolute Gasteiger partial charge is 0.148 e. The first-order valence-electron chi connectivity index (χ1n) is 6.23. The Kier molecular flexibility index (Phi) is 4.77. The van der Waals surface area contributed by atoms with Crippen LogP contribution in [0.5, 0.6) is 11.5 Å². The van der Waals surface area contributed by atoms with E-state index in [1.165, 1.54) is 0 Å². The highest BCUT2D eigenvalue weighted by Crippen LogP contribution is 2.33. The van der Waals surface area contributed by atoms with Gasteiger partial charge in [-0.1, -0.05) is 11.6 Å². The van der Waals surface area contributed by atoms with E-state index >= 15 is 0 Å². The minimum atomic E-state index is 0.751. The number of aryl methyl sites for hydroxylation is 2. The summed E-state index contributed by atoms with van der Waals surface area (Å²) in [5, 5.41) is 3.50. The number of ether oxygens (including phenoxy) is 1. The molecular formula is C15H17ClN2O. The van der Waals surface area contributed by atoms with E-state index in [-0.39, 0.29) is 0 Å². The average Bonchev–Trinajstić information content (AvgIpc) is 2.58. The lowest BCUT2D eigenvalue weighted by atomic mass is 10.1. The Balaban J connectivity index is 0.000000408. The molecule has 3 nitrogen and oxygen atoms in total. The van der Waals surface area contributed by atoms with Gasteiger partial charge in [-0.25, -0.2) is 0 Å². The Hall–Kier alpha value is -1.58. The number of halogens is 1. The van der Waals surface area contributed by atoms with Crippen LogP contribution in [0.25, 0.3) is 0 Å². The predicted molar refractivity (Wildman–Crippen MR) is 78.2 cm³/mol. The zero-order valence-corrected chi connectivity index (χ0v) is 11.9. The van der Waals surface area contributed by atoms with E-state index in [0.717, 1.165) is 40.6 Å². The van der Waals surface area contributed by atoms with Gasteiger partial charge >= 0.3 is 0 Å². The quantitative estimate of drug-likeness (QED) is 0.800. The molecule has 0 amide bonds. The van der Waals surface area contributed by atoms with Crippen LogP contribution in [-0.2, 0) is 12.8 Å². The molecule has 0 radical (unpaired) electrons. The van der Waals surface area contributed by atoms with E-state index < -0.39 is 0 Å². The summed E-state index contributed by atoms with van der Waals surface area (Å²) in [5.41, 5.74) is 2.15. The van der Waals surface area contributed by atoms with Gasteiger partial charge in [0.05, 0.1) is 5.69 Å². The van der Waals surface area contributed by atoms with Gasteiger partial charge in [-0.3, -0.25) is 4.98 Å². The maximum atomic E-state index is 5.97. The third kappa shape index (κ3) is 3.46. The zero-order chi connectivity index (χ0) is 13.7. The number of hydrogen-bond donors (Lipinski definition) is 1. The summed E-state index contributed by atoms with van der Waals surface area (Å²) < 4.78 is 5.84. The summed E-state index contributed by atoms with van der Waals surface area (Å²) in [6, 6.07) is 9.57. The molecule has 0 atom stereocenters. The monoisotopic (exact) mass is 276 g/mol. The molecule has 3 rings (SSSR count). The highest BCUT2D eigenvalue weighted by molar-refractivity contribution is 6.30. The minimum absolute atomic E-state index is 0.751. The first-order valence-corrected chi connectivity index (χ1v) is 6.61. The van der Waals surface area contributed by atoms with E-state index in [4.69, 9.17) is 16.3 Å². The van der Waals surface area contributed by atoms with E-state index in [9.17, 15) is 0 Å². The van der Waals surface area contributed by atoms with Crippen LogP contribution in [0, 0.1) is 0 Å². The lowest BCUT2D eigenvalue weighted by molar-refractivity contribution is 0.476. The number of nitrogens with zero attached hydrogens (tertiary/aromatic N) is 1. The molecule has 2 heterocycles. The molecular weight excluding hydrogens is 260 g/mol. The van der Waals surface area contributed by atoms with Crippen molar-refractivity contribution in [2.75, 3.05) is 14.1 Å². The van der Waals surface area contributed by atoms with Gasteiger partial charge in [0.2, 0.25) is 0 Å². The van der Waals surface area contributed by atoms with Gasteiger partial charge in [-0.15, -0.1) is 0 Å². The fourth-order valence-electron chi connectivity index (χ4n) is 1.92. The first-order chi connectivity index (χ1) is 9.24. The molecule has 0 bridgehead atoms. The van der Waals surface area contributed by atoms with Crippen LogP contribution in [0.15, 0.2) is 36.5 Å². The van der Waals surface area contributed by atoms with E-state index in [0.29, 0.717) is 0 Å². The Morgan fingerprint density at radius 3 is 2.74 bits per heavy atom. The van der Waals surface area contributed by atoms with Crippen molar-refractivity contribution in [3.63, 3.8) is 0 Å². The maximum Gasteiger partial charge on any atom is 0.148 e. The number of fused-ring (bicyclic) bond motifs is 2. The lowest BCUT2D eigenvalue weighted by Crippen LogP contribution is -1.91. The summed E-state index contributed by atoms with van der Waals surface area (Å²) in [6.07, 6.45) is 3.61. The van der Waals surface area contributed by atoms with Crippen LogP contribution in [0.2, 0.25) is 5.02 Å². The van der Waals surface area contributed by atoms with Crippen molar-refractivity contribution in [1.29, 1.82) is 0 Å². The van der Waals surface area contributed by atoms with Crippen LogP contribution in [0.3, 0.4) is 0 Å². The van der Waals surface area contributed by atoms with Gasteiger partial charge in [0.25, 0.3) is 0 Å². The lowest BCUT2D eigenvalue weighted by Gasteiger charge is -2.07. The van der Waals surface area contributed by atoms with Gasteiger partial charge in [0.15, 0.2) is 0 Å². The van der Waals surface area contributed by atoms with Crippen molar-refractivity contribution in [3.05, 3.63) is 52.8 Å². The number of aromatic nitrogens is 1. The SMILES string of the molecule is CNC.Clc1ccc2c(c1)CCc1ncccc1O2. The average molecular weight is 277 g/mol. The van der Waals surface area contributed by atoms with E-state index in [1.54, 1.807) is 6.20 Å². The zero-order valence-electron chi connectivity index (χ0n) is 11.1. The van der Waals surface area contributed by atoms with Gasteiger partial charge < -0.3 is 10.1 Å². The third-order valence-corrected chi connectivity index (χ3v) is 2.96. The normalized spacial score (nSPS) is 12.2. The molecule has 0 saturated heterocycles. The van der Waals surface area contributed by atoms with Crippen LogP contribution >= 0.6 is 11.6 Å². The number of pyridine rings is 1. The molecule has 19 heavy (non-hydrogen) atoms. The number of nitrogens with one attached hydrogen (secondary N) is 1. The number of rotatable bonds is 0. The molecule has 1 aliphatic rings. The highest BCUT2D eigenvalue weighted by Gasteiger charge is 2.15. The second kappa shape index (κ2) is 6.55. The molecule has 1 aromatic carbocycles. The predicted octanol–water partition coefficient (Wildman–Crippen LogP) is 3.46. The van der Waals surface area contributed by atoms with Gasteiger partial charge in [0, 0.05) is 11.2 Å². The summed E-state index contributed by atoms with van der Waals surface area (Å²) in [5.74, 6) is 1.74. The molecule has 0 aliphatic carbocycles. The summed E-state index contributed by atoms with van der Waals surface area (Å²) in [6.45, 7) is 0. The second-order valence-electron chi connectivity index (χ2n) is 4.30. The molecule has 1 aliphatic heterocycles. The van der Waals surface area contributed by atoms with Crippen LogP contribution in [0.1, 0.15) is 11.3 Å². The Labute approximate surface area is 118 Å². The fourth-order valence-corrected chi connectivity index (χ4v) is 2.11. The maximum absolute atomic E-state index is 5.97. The highest BCUT2D eigenvalue weighted by atomic mass is 35.5. The molecule has 0 spiro atoms. The molecule has 1 N–H and O–H groups in total. The van der Waals surface area contributed by atoms with Gasteiger partial charge in [0.1, 0.15) is 11.5 Å². The molecule has 2 aromatic rings. The van der Waals surface area contributed by atoms with Crippen molar-refractivity contribution >= 4 is 11.6 Å². The minimum Gasteiger partial charge on any atom is -0.455 e. The summed E-state index contributed by atoms with van der Waals surface area (Å²) >= 11 is 5.97. The van der Waals surface area contributed by atoms with Gasteiger partial charge in [-0.05, 0) is 62.8 Å².